The molecule has 0 unspecified atom stereocenters. The molecule has 0 atom stereocenters. The van der Waals surface area contributed by atoms with Gasteiger partial charge in [0.25, 0.3) is 5.91 Å². The lowest BCUT2D eigenvalue weighted by molar-refractivity contribution is 0.0950. The summed E-state index contributed by atoms with van der Waals surface area (Å²) in [7, 11) is 0. The highest BCUT2D eigenvalue weighted by Gasteiger charge is 2.10. The van der Waals surface area contributed by atoms with E-state index in [4.69, 9.17) is 0 Å². The van der Waals surface area contributed by atoms with Crippen LogP contribution in [-0.4, -0.2) is 5.91 Å². The Morgan fingerprint density at radius 3 is 2.79 bits per heavy atom. The van der Waals surface area contributed by atoms with E-state index in [1.165, 1.54) is 5.56 Å². The summed E-state index contributed by atoms with van der Waals surface area (Å²) in [4.78, 5) is 12.1. The Morgan fingerprint density at radius 1 is 1.26 bits per heavy atom. The molecule has 0 aliphatic heterocycles. The molecule has 0 fully saturated rings. The second-order valence-corrected chi connectivity index (χ2v) is 6.40. The van der Waals surface area contributed by atoms with Crippen LogP contribution in [0.15, 0.2) is 46.9 Å². The van der Waals surface area contributed by atoms with Crippen LogP contribution in [0.2, 0.25) is 0 Å². The number of hydrogen-bond acceptors (Lipinski definition) is 1. The molecule has 0 saturated heterocycles. The standard InChI is InChI=1S/C15H13BrINO/c1-10-3-2-4-11(7-10)9-18-15(19)13-8-12(17)5-6-14(13)16/h2-8H,9H2,1H3,(H,18,19). The summed E-state index contributed by atoms with van der Waals surface area (Å²) in [5, 5.41) is 2.94. The van der Waals surface area contributed by atoms with Crippen molar-refractivity contribution in [3.63, 3.8) is 0 Å². The first kappa shape index (κ1) is 14.5. The molecule has 2 nitrogen and oxygen atoms in total. The predicted octanol–water partition coefficient (Wildman–Crippen LogP) is 4.29. The zero-order valence-corrected chi connectivity index (χ0v) is 14.2. The molecule has 1 N–H and O–H groups in total. The third kappa shape index (κ3) is 4.04. The van der Waals surface area contributed by atoms with E-state index in [1.807, 2.05) is 43.3 Å². The Morgan fingerprint density at radius 2 is 2.05 bits per heavy atom. The lowest BCUT2D eigenvalue weighted by atomic mass is 10.1. The van der Waals surface area contributed by atoms with Crippen LogP contribution in [0.25, 0.3) is 0 Å². The summed E-state index contributed by atoms with van der Waals surface area (Å²) >= 11 is 5.60. The number of carbonyl (C=O) groups excluding carboxylic acids is 1. The van der Waals surface area contributed by atoms with Crippen molar-refractivity contribution in [2.24, 2.45) is 0 Å². The predicted molar refractivity (Wildman–Crippen MR) is 89.2 cm³/mol. The van der Waals surface area contributed by atoms with Crippen LogP contribution in [0.4, 0.5) is 0 Å². The van der Waals surface area contributed by atoms with Gasteiger partial charge < -0.3 is 5.32 Å². The van der Waals surface area contributed by atoms with Crippen LogP contribution in [-0.2, 0) is 6.54 Å². The maximum absolute atomic E-state index is 12.1. The molecule has 0 bridgehead atoms. The van der Waals surface area contributed by atoms with Crippen molar-refractivity contribution in [1.29, 1.82) is 0 Å². The molecular weight excluding hydrogens is 417 g/mol. The van der Waals surface area contributed by atoms with Gasteiger partial charge in [0, 0.05) is 14.6 Å². The van der Waals surface area contributed by atoms with Gasteiger partial charge in [-0.2, -0.15) is 0 Å². The van der Waals surface area contributed by atoms with E-state index in [2.05, 4.69) is 49.9 Å². The number of nitrogens with one attached hydrogen (secondary N) is 1. The van der Waals surface area contributed by atoms with Gasteiger partial charge in [0.15, 0.2) is 0 Å². The Bertz CT molecular complexity index is 613. The van der Waals surface area contributed by atoms with E-state index in [0.717, 1.165) is 13.6 Å². The van der Waals surface area contributed by atoms with Crippen molar-refractivity contribution in [2.45, 2.75) is 13.5 Å². The van der Waals surface area contributed by atoms with Crippen LogP contribution < -0.4 is 5.32 Å². The normalized spacial score (nSPS) is 10.3. The summed E-state index contributed by atoms with van der Waals surface area (Å²) in [6.07, 6.45) is 0. The van der Waals surface area contributed by atoms with Crippen molar-refractivity contribution < 1.29 is 4.79 Å². The second-order valence-electron chi connectivity index (χ2n) is 4.30. The third-order valence-electron chi connectivity index (χ3n) is 2.71. The fourth-order valence-corrected chi connectivity index (χ4v) is 2.69. The Hall–Kier alpha value is -0.880. The van der Waals surface area contributed by atoms with Crippen LogP contribution in [0.3, 0.4) is 0 Å². The van der Waals surface area contributed by atoms with Crippen LogP contribution >= 0.6 is 38.5 Å². The van der Waals surface area contributed by atoms with E-state index in [9.17, 15) is 4.79 Å². The summed E-state index contributed by atoms with van der Waals surface area (Å²) in [6, 6.07) is 13.8. The monoisotopic (exact) mass is 429 g/mol. The first-order chi connectivity index (χ1) is 9.06. The Kier molecular flexibility index (Phi) is 4.99. The van der Waals surface area contributed by atoms with Crippen molar-refractivity contribution in [1.82, 2.24) is 5.32 Å². The maximum Gasteiger partial charge on any atom is 0.252 e. The molecule has 4 heteroatoms. The number of hydrogen-bond donors (Lipinski definition) is 1. The average molecular weight is 430 g/mol. The number of aryl methyl sites for hydroxylation is 1. The smallest absolute Gasteiger partial charge is 0.252 e. The minimum absolute atomic E-state index is 0.0631. The van der Waals surface area contributed by atoms with Gasteiger partial charge in [-0.05, 0) is 69.2 Å². The zero-order valence-electron chi connectivity index (χ0n) is 10.4. The molecule has 0 radical (unpaired) electrons. The highest BCUT2D eigenvalue weighted by atomic mass is 127. The molecule has 98 valence electrons. The first-order valence-electron chi connectivity index (χ1n) is 5.85. The fraction of sp³-hybridized carbons (Fsp3) is 0.133. The van der Waals surface area contributed by atoms with Gasteiger partial charge in [0.1, 0.15) is 0 Å². The molecule has 2 aromatic carbocycles. The van der Waals surface area contributed by atoms with E-state index < -0.39 is 0 Å². The molecule has 19 heavy (non-hydrogen) atoms. The summed E-state index contributed by atoms with van der Waals surface area (Å²) in [5.41, 5.74) is 2.97. The maximum atomic E-state index is 12.1. The summed E-state index contributed by atoms with van der Waals surface area (Å²) in [6.45, 7) is 2.58. The van der Waals surface area contributed by atoms with Crippen molar-refractivity contribution in [3.8, 4) is 0 Å². The molecule has 2 rings (SSSR count). The molecule has 0 saturated carbocycles. The minimum atomic E-state index is -0.0631. The minimum Gasteiger partial charge on any atom is -0.348 e. The molecule has 1 amide bonds. The lowest BCUT2D eigenvalue weighted by Crippen LogP contribution is -2.23. The quantitative estimate of drug-likeness (QED) is 0.724. The van der Waals surface area contributed by atoms with Crippen LogP contribution in [0, 0.1) is 10.5 Å². The topological polar surface area (TPSA) is 29.1 Å². The van der Waals surface area contributed by atoms with Gasteiger partial charge in [-0.3, -0.25) is 4.79 Å². The average Bonchev–Trinajstić information content (AvgIpc) is 2.39. The van der Waals surface area contributed by atoms with Gasteiger partial charge >= 0.3 is 0 Å². The Labute approximate surface area is 134 Å². The highest BCUT2D eigenvalue weighted by molar-refractivity contribution is 14.1. The van der Waals surface area contributed by atoms with E-state index in [0.29, 0.717) is 12.1 Å². The molecule has 0 aromatic heterocycles. The van der Waals surface area contributed by atoms with Gasteiger partial charge in [0.05, 0.1) is 5.56 Å². The number of carbonyl (C=O) groups is 1. The zero-order chi connectivity index (χ0) is 13.8. The Balaban J connectivity index is 2.07. The first-order valence-corrected chi connectivity index (χ1v) is 7.72. The molecule has 2 aromatic rings. The molecule has 0 heterocycles. The number of amides is 1. The number of halogens is 2. The molecule has 0 aliphatic rings. The molecular formula is C15H13BrINO. The van der Waals surface area contributed by atoms with Crippen molar-refractivity contribution in [2.75, 3.05) is 0 Å². The largest absolute Gasteiger partial charge is 0.348 e. The lowest BCUT2D eigenvalue weighted by Gasteiger charge is -2.08. The molecule has 0 spiro atoms. The van der Waals surface area contributed by atoms with Gasteiger partial charge in [0.2, 0.25) is 0 Å². The van der Waals surface area contributed by atoms with Crippen LogP contribution in [0.1, 0.15) is 21.5 Å². The van der Waals surface area contributed by atoms with Crippen LogP contribution in [0.5, 0.6) is 0 Å². The number of rotatable bonds is 3. The van der Waals surface area contributed by atoms with Crippen molar-refractivity contribution in [3.05, 3.63) is 67.2 Å². The van der Waals surface area contributed by atoms with Crippen molar-refractivity contribution >= 4 is 44.4 Å². The molecule has 0 aliphatic carbocycles. The highest BCUT2D eigenvalue weighted by Crippen LogP contribution is 2.19. The van der Waals surface area contributed by atoms with E-state index in [-0.39, 0.29) is 5.91 Å². The van der Waals surface area contributed by atoms with E-state index >= 15 is 0 Å². The summed E-state index contributed by atoms with van der Waals surface area (Å²) in [5.74, 6) is -0.0631. The van der Waals surface area contributed by atoms with Gasteiger partial charge in [-0.15, -0.1) is 0 Å². The fourth-order valence-electron chi connectivity index (χ4n) is 1.77. The van der Waals surface area contributed by atoms with Gasteiger partial charge in [-0.1, -0.05) is 29.8 Å². The SMILES string of the molecule is Cc1cccc(CNC(=O)c2cc(I)ccc2Br)c1. The third-order valence-corrected chi connectivity index (χ3v) is 4.07. The summed E-state index contributed by atoms with van der Waals surface area (Å²) < 4.78 is 1.86. The second kappa shape index (κ2) is 6.52. The number of benzene rings is 2. The van der Waals surface area contributed by atoms with E-state index in [1.54, 1.807) is 0 Å². The van der Waals surface area contributed by atoms with Gasteiger partial charge in [-0.25, -0.2) is 0 Å².